The Morgan fingerprint density at radius 3 is 2.50 bits per heavy atom. The molecule has 1 unspecified atom stereocenters. The van der Waals surface area contributed by atoms with Crippen LogP contribution in [0.3, 0.4) is 0 Å². The summed E-state index contributed by atoms with van der Waals surface area (Å²) in [6, 6.07) is 21.4. The smallest absolute Gasteiger partial charge is 0.409 e. The predicted octanol–water partition coefficient (Wildman–Crippen LogP) is 5.70. The first-order chi connectivity index (χ1) is 14.6. The number of imidazole rings is 1. The summed E-state index contributed by atoms with van der Waals surface area (Å²) in [6.07, 6.45) is 3.34. The van der Waals surface area contributed by atoms with Crippen LogP contribution in [0.5, 0.6) is 0 Å². The fourth-order valence-electron chi connectivity index (χ4n) is 3.30. The largest absolute Gasteiger partial charge is 0.465 e. The summed E-state index contributed by atoms with van der Waals surface area (Å²) >= 11 is 3.45. The highest BCUT2D eigenvalue weighted by Crippen LogP contribution is 2.28. The van der Waals surface area contributed by atoms with Gasteiger partial charge in [0.2, 0.25) is 0 Å². The van der Waals surface area contributed by atoms with Crippen LogP contribution in [0.25, 0.3) is 11.3 Å². The molecule has 150 valence electrons. The van der Waals surface area contributed by atoms with Crippen molar-refractivity contribution < 1.29 is 9.90 Å². The molecule has 1 amide bonds. The molecule has 2 aromatic carbocycles. The second-order valence-corrected chi connectivity index (χ2v) is 7.74. The number of aromatic amines is 1. The van der Waals surface area contributed by atoms with Crippen molar-refractivity contribution in [2.24, 2.45) is 0 Å². The number of carbonyl (C=O) groups is 1. The average molecular weight is 463 g/mol. The minimum atomic E-state index is -1.09. The molecule has 2 heterocycles. The zero-order chi connectivity index (χ0) is 20.9. The second kappa shape index (κ2) is 8.92. The van der Waals surface area contributed by atoms with E-state index in [-0.39, 0.29) is 5.92 Å². The zero-order valence-electron chi connectivity index (χ0n) is 15.9. The monoisotopic (exact) mass is 462 g/mol. The van der Waals surface area contributed by atoms with E-state index in [0.29, 0.717) is 5.69 Å². The van der Waals surface area contributed by atoms with Crippen LogP contribution in [0.1, 0.15) is 23.0 Å². The van der Waals surface area contributed by atoms with E-state index in [1.54, 1.807) is 18.3 Å². The SMILES string of the molecule is O=C(O)Nc1ccc(-c2c[nH]c(C(Cc3ccccc3)c3ccc(Br)cn3)n2)cc1. The molecule has 0 aliphatic carbocycles. The first-order valence-corrected chi connectivity index (χ1v) is 10.2. The third kappa shape index (κ3) is 4.75. The minimum absolute atomic E-state index is 0.0257. The summed E-state index contributed by atoms with van der Waals surface area (Å²) in [5.74, 6) is 0.804. The van der Waals surface area contributed by atoms with Crippen molar-refractivity contribution in [3.05, 3.63) is 101 Å². The van der Waals surface area contributed by atoms with Crippen molar-refractivity contribution in [1.82, 2.24) is 15.0 Å². The molecule has 4 aromatic rings. The molecule has 6 nitrogen and oxygen atoms in total. The quantitative estimate of drug-likeness (QED) is 0.342. The van der Waals surface area contributed by atoms with E-state index < -0.39 is 6.09 Å². The van der Waals surface area contributed by atoms with Gasteiger partial charge in [0, 0.05) is 28.1 Å². The van der Waals surface area contributed by atoms with Gasteiger partial charge in [-0.2, -0.15) is 0 Å². The molecular weight excluding hydrogens is 444 g/mol. The number of nitrogens with zero attached hydrogens (tertiary/aromatic N) is 2. The molecule has 0 fully saturated rings. The number of nitrogens with one attached hydrogen (secondary N) is 2. The Hall–Kier alpha value is -3.45. The van der Waals surface area contributed by atoms with E-state index in [0.717, 1.165) is 33.7 Å². The number of carboxylic acid groups (broad SMARTS) is 1. The Labute approximate surface area is 182 Å². The highest BCUT2D eigenvalue weighted by Gasteiger charge is 2.20. The van der Waals surface area contributed by atoms with E-state index in [9.17, 15) is 4.79 Å². The lowest BCUT2D eigenvalue weighted by Gasteiger charge is -2.14. The molecule has 7 heteroatoms. The number of rotatable bonds is 6. The van der Waals surface area contributed by atoms with Crippen molar-refractivity contribution in [1.29, 1.82) is 0 Å². The number of hydrogen-bond donors (Lipinski definition) is 3. The molecular formula is C23H19BrN4O2. The van der Waals surface area contributed by atoms with E-state index in [1.807, 2.05) is 48.7 Å². The van der Waals surface area contributed by atoms with Gasteiger partial charge in [0.15, 0.2) is 0 Å². The standard InChI is InChI=1S/C23H19BrN4O2/c24-17-8-11-20(25-13-17)19(12-15-4-2-1-3-5-15)22-26-14-21(28-22)16-6-9-18(10-7-16)27-23(29)30/h1-11,13-14,19,27H,12H2,(H,26,28)(H,29,30). The molecule has 0 saturated heterocycles. The summed E-state index contributed by atoms with van der Waals surface area (Å²) < 4.78 is 0.930. The van der Waals surface area contributed by atoms with Crippen molar-refractivity contribution in [3.8, 4) is 11.3 Å². The summed E-state index contributed by atoms with van der Waals surface area (Å²) in [4.78, 5) is 23.5. The molecule has 3 N–H and O–H groups in total. The van der Waals surface area contributed by atoms with Crippen LogP contribution >= 0.6 is 15.9 Å². The van der Waals surface area contributed by atoms with Crippen molar-refractivity contribution in [2.45, 2.75) is 12.3 Å². The molecule has 0 saturated carbocycles. The highest BCUT2D eigenvalue weighted by atomic mass is 79.9. The van der Waals surface area contributed by atoms with Gasteiger partial charge in [-0.25, -0.2) is 9.78 Å². The van der Waals surface area contributed by atoms with Crippen molar-refractivity contribution >= 4 is 27.7 Å². The minimum Gasteiger partial charge on any atom is -0.465 e. The number of aromatic nitrogens is 3. The van der Waals surface area contributed by atoms with Gasteiger partial charge in [0.25, 0.3) is 0 Å². The van der Waals surface area contributed by atoms with Gasteiger partial charge < -0.3 is 10.1 Å². The van der Waals surface area contributed by atoms with E-state index >= 15 is 0 Å². The molecule has 0 spiro atoms. The molecule has 0 aliphatic rings. The zero-order valence-corrected chi connectivity index (χ0v) is 17.5. The lowest BCUT2D eigenvalue weighted by molar-refractivity contribution is 0.210. The van der Waals surface area contributed by atoms with E-state index in [2.05, 4.69) is 43.3 Å². The van der Waals surface area contributed by atoms with Gasteiger partial charge in [-0.1, -0.05) is 42.5 Å². The third-order valence-electron chi connectivity index (χ3n) is 4.75. The van der Waals surface area contributed by atoms with Gasteiger partial charge in [0.05, 0.1) is 17.3 Å². The van der Waals surface area contributed by atoms with Crippen molar-refractivity contribution in [2.75, 3.05) is 5.32 Å². The van der Waals surface area contributed by atoms with Crippen LogP contribution in [0.4, 0.5) is 10.5 Å². The third-order valence-corrected chi connectivity index (χ3v) is 5.22. The molecule has 0 aliphatic heterocycles. The second-order valence-electron chi connectivity index (χ2n) is 6.82. The highest BCUT2D eigenvalue weighted by molar-refractivity contribution is 9.10. The summed E-state index contributed by atoms with van der Waals surface area (Å²) in [7, 11) is 0. The Morgan fingerprint density at radius 1 is 1.07 bits per heavy atom. The number of hydrogen-bond acceptors (Lipinski definition) is 3. The average Bonchev–Trinajstić information content (AvgIpc) is 3.24. The maximum Gasteiger partial charge on any atom is 0.409 e. The topological polar surface area (TPSA) is 90.9 Å². The van der Waals surface area contributed by atoms with Crippen LogP contribution in [-0.2, 0) is 6.42 Å². The lowest BCUT2D eigenvalue weighted by Crippen LogP contribution is -2.09. The molecule has 0 bridgehead atoms. The number of anilines is 1. The van der Waals surface area contributed by atoms with Crippen LogP contribution in [0, 0.1) is 0 Å². The van der Waals surface area contributed by atoms with Gasteiger partial charge in [-0.05, 0) is 52.2 Å². The summed E-state index contributed by atoms with van der Waals surface area (Å²) in [5, 5.41) is 11.2. The number of H-pyrrole nitrogens is 1. The first-order valence-electron chi connectivity index (χ1n) is 9.39. The van der Waals surface area contributed by atoms with E-state index in [4.69, 9.17) is 10.1 Å². The molecule has 30 heavy (non-hydrogen) atoms. The van der Waals surface area contributed by atoms with Crippen LogP contribution in [-0.4, -0.2) is 26.2 Å². The Morgan fingerprint density at radius 2 is 1.83 bits per heavy atom. The molecule has 4 rings (SSSR count). The van der Waals surface area contributed by atoms with Gasteiger partial charge in [-0.15, -0.1) is 0 Å². The summed E-state index contributed by atoms with van der Waals surface area (Å²) in [5.41, 5.74) is 4.35. The molecule has 0 radical (unpaired) electrons. The Kier molecular flexibility index (Phi) is 5.90. The van der Waals surface area contributed by atoms with Gasteiger partial charge >= 0.3 is 6.09 Å². The molecule has 1 atom stereocenters. The Bertz CT molecular complexity index is 1130. The fourth-order valence-corrected chi connectivity index (χ4v) is 3.53. The maximum atomic E-state index is 10.8. The predicted molar refractivity (Wildman–Crippen MR) is 120 cm³/mol. The maximum absolute atomic E-state index is 10.8. The first kappa shape index (κ1) is 19.8. The fraction of sp³-hybridized carbons (Fsp3) is 0.0870. The van der Waals surface area contributed by atoms with E-state index in [1.165, 1.54) is 5.56 Å². The molecule has 2 aromatic heterocycles. The number of amides is 1. The lowest BCUT2D eigenvalue weighted by atomic mass is 9.95. The number of benzene rings is 2. The van der Waals surface area contributed by atoms with Gasteiger partial charge in [-0.3, -0.25) is 10.3 Å². The van der Waals surface area contributed by atoms with Crippen LogP contribution in [0.15, 0.2) is 83.6 Å². The van der Waals surface area contributed by atoms with Crippen molar-refractivity contribution in [3.63, 3.8) is 0 Å². The van der Waals surface area contributed by atoms with Gasteiger partial charge in [0.1, 0.15) is 5.82 Å². The Balaban J connectivity index is 1.64. The van der Waals surface area contributed by atoms with Crippen LogP contribution in [0.2, 0.25) is 0 Å². The van der Waals surface area contributed by atoms with Crippen LogP contribution < -0.4 is 5.32 Å². The normalized spacial score (nSPS) is 11.8. The number of halogens is 1. The number of pyridine rings is 1. The summed E-state index contributed by atoms with van der Waals surface area (Å²) in [6.45, 7) is 0.